The van der Waals surface area contributed by atoms with E-state index in [0.29, 0.717) is 13.0 Å². The Morgan fingerprint density at radius 3 is 2.64 bits per heavy atom. The number of hydrogen-bond donors (Lipinski definition) is 4. The standard InChI is InChI=1S/C16H24O9/c1-2-7-8-3-4-22-14(21)9(8)6-23-15(7)25-16-13(20)12(19)11(18)10(5-17)24-16/h2,7-13,15-20H,1,3-6H2/t7-,8+,9?,10-,11-,12+,13-,15+,16+/m1/s1. The lowest BCUT2D eigenvalue weighted by Crippen LogP contribution is -2.60. The largest absolute Gasteiger partial charge is 0.465 e. The Morgan fingerprint density at radius 1 is 1.20 bits per heavy atom. The van der Waals surface area contributed by atoms with Gasteiger partial charge in [-0.25, -0.2) is 0 Å². The molecular weight excluding hydrogens is 336 g/mol. The molecule has 0 saturated carbocycles. The van der Waals surface area contributed by atoms with Gasteiger partial charge < -0.3 is 39.4 Å². The molecule has 0 amide bonds. The van der Waals surface area contributed by atoms with Crippen molar-refractivity contribution in [3.63, 3.8) is 0 Å². The molecule has 1 unspecified atom stereocenters. The zero-order valence-corrected chi connectivity index (χ0v) is 13.6. The summed E-state index contributed by atoms with van der Waals surface area (Å²) in [7, 11) is 0. The van der Waals surface area contributed by atoms with Crippen LogP contribution in [0.1, 0.15) is 6.42 Å². The van der Waals surface area contributed by atoms with Gasteiger partial charge >= 0.3 is 5.97 Å². The highest BCUT2D eigenvalue weighted by Crippen LogP contribution is 2.39. The first-order valence-electron chi connectivity index (χ1n) is 8.34. The van der Waals surface area contributed by atoms with Gasteiger partial charge in [0.2, 0.25) is 0 Å². The number of cyclic esters (lactones) is 1. The average Bonchev–Trinajstić information content (AvgIpc) is 2.62. The van der Waals surface area contributed by atoms with Gasteiger partial charge in [0.1, 0.15) is 24.4 Å². The Bertz CT molecular complexity index is 496. The Labute approximate surface area is 144 Å². The van der Waals surface area contributed by atoms with E-state index in [2.05, 4.69) is 6.58 Å². The number of esters is 1. The minimum absolute atomic E-state index is 0.0672. The van der Waals surface area contributed by atoms with E-state index in [-0.39, 0.29) is 24.4 Å². The fourth-order valence-electron chi connectivity index (χ4n) is 3.67. The van der Waals surface area contributed by atoms with Gasteiger partial charge in [0.05, 0.1) is 25.7 Å². The van der Waals surface area contributed by atoms with Crippen molar-refractivity contribution in [1.29, 1.82) is 0 Å². The maximum atomic E-state index is 11.9. The van der Waals surface area contributed by atoms with Crippen LogP contribution in [-0.4, -0.2) is 83.2 Å². The summed E-state index contributed by atoms with van der Waals surface area (Å²) in [6.45, 7) is 3.66. The molecule has 0 radical (unpaired) electrons. The van der Waals surface area contributed by atoms with E-state index >= 15 is 0 Å². The number of hydrogen-bond acceptors (Lipinski definition) is 9. The molecule has 3 saturated heterocycles. The van der Waals surface area contributed by atoms with Gasteiger partial charge in [-0.2, -0.15) is 0 Å². The van der Waals surface area contributed by atoms with Crippen LogP contribution in [0.4, 0.5) is 0 Å². The molecule has 0 aromatic rings. The van der Waals surface area contributed by atoms with Crippen LogP contribution in [-0.2, 0) is 23.7 Å². The third-order valence-corrected chi connectivity index (χ3v) is 5.15. The van der Waals surface area contributed by atoms with Crippen molar-refractivity contribution < 1.29 is 44.2 Å². The van der Waals surface area contributed by atoms with Crippen molar-refractivity contribution in [2.75, 3.05) is 19.8 Å². The average molecular weight is 360 g/mol. The predicted molar refractivity (Wildman–Crippen MR) is 80.8 cm³/mol. The second-order valence-electron chi connectivity index (χ2n) is 6.57. The Balaban J connectivity index is 1.71. The summed E-state index contributed by atoms with van der Waals surface area (Å²) in [6, 6.07) is 0. The number of carbonyl (C=O) groups is 1. The van der Waals surface area contributed by atoms with Crippen LogP contribution in [0.2, 0.25) is 0 Å². The Hall–Kier alpha value is -1.07. The van der Waals surface area contributed by atoms with E-state index in [4.69, 9.17) is 18.9 Å². The summed E-state index contributed by atoms with van der Waals surface area (Å²) in [4.78, 5) is 11.9. The third-order valence-electron chi connectivity index (χ3n) is 5.15. The summed E-state index contributed by atoms with van der Waals surface area (Å²) in [5.74, 6) is -1.11. The van der Waals surface area contributed by atoms with Crippen molar-refractivity contribution in [3.8, 4) is 0 Å². The van der Waals surface area contributed by atoms with Gasteiger partial charge in [-0.15, -0.1) is 6.58 Å². The predicted octanol–water partition coefficient (Wildman–Crippen LogP) is -1.86. The van der Waals surface area contributed by atoms with E-state index in [1.165, 1.54) is 0 Å². The normalized spacial score (nSPS) is 47.7. The monoisotopic (exact) mass is 360 g/mol. The molecule has 4 N–H and O–H groups in total. The fourth-order valence-corrected chi connectivity index (χ4v) is 3.67. The number of rotatable bonds is 4. The minimum Gasteiger partial charge on any atom is -0.465 e. The molecule has 0 bridgehead atoms. The molecule has 0 aliphatic carbocycles. The molecule has 3 heterocycles. The minimum atomic E-state index is -1.53. The first-order chi connectivity index (χ1) is 12.0. The van der Waals surface area contributed by atoms with Crippen molar-refractivity contribution >= 4 is 5.97 Å². The molecule has 0 spiro atoms. The molecule has 9 nitrogen and oxygen atoms in total. The van der Waals surface area contributed by atoms with Crippen LogP contribution < -0.4 is 0 Å². The van der Waals surface area contributed by atoms with Gasteiger partial charge in [-0.1, -0.05) is 6.08 Å². The number of ether oxygens (including phenoxy) is 4. The SMILES string of the molecule is C=C[C@H]1[C@H](O[C@@H]2O[C@H](CO)[C@@H](O)[C@H](O)[C@H]2O)OCC2C(=O)OCC[C@H]21. The van der Waals surface area contributed by atoms with E-state index in [1.807, 2.05) is 0 Å². The summed E-state index contributed by atoms with van der Waals surface area (Å²) in [5.41, 5.74) is 0. The molecule has 0 aromatic heterocycles. The first-order valence-corrected chi connectivity index (χ1v) is 8.34. The van der Waals surface area contributed by atoms with Gasteiger partial charge in [0.25, 0.3) is 0 Å². The molecule has 9 atom stereocenters. The highest BCUT2D eigenvalue weighted by Gasteiger charge is 2.49. The Morgan fingerprint density at radius 2 is 1.96 bits per heavy atom. The molecule has 25 heavy (non-hydrogen) atoms. The zero-order chi connectivity index (χ0) is 18.1. The fraction of sp³-hybridized carbons (Fsp3) is 0.812. The molecule has 142 valence electrons. The maximum absolute atomic E-state index is 11.9. The van der Waals surface area contributed by atoms with Gasteiger partial charge in [-0.3, -0.25) is 4.79 Å². The highest BCUT2D eigenvalue weighted by molar-refractivity contribution is 5.73. The van der Waals surface area contributed by atoms with E-state index in [9.17, 15) is 25.2 Å². The van der Waals surface area contributed by atoms with Crippen LogP contribution in [0.5, 0.6) is 0 Å². The van der Waals surface area contributed by atoms with Crippen LogP contribution in [0.3, 0.4) is 0 Å². The molecule has 9 heteroatoms. The third kappa shape index (κ3) is 3.45. The van der Waals surface area contributed by atoms with Crippen LogP contribution >= 0.6 is 0 Å². The van der Waals surface area contributed by atoms with E-state index < -0.39 is 49.5 Å². The number of aliphatic hydroxyl groups excluding tert-OH is 4. The van der Waals surface area contributed by atoms with Crippen molar-refractivity contribution in [2.24, 2.45) is 17.8 Å². The van der Waals surface area contributed by atoms with Gasteiger partial charge in [0.15, 0.2) is 12.6 Å². The van der Waals surface area contributed by atoms with E-state index in [1.54, 1.807) is 6.08 Å². The maximum Gasteiger partial charge on any atom is 0.311 e. The molecule has 3 fully saturated rings. The summed E-state index contributed by atoms with van der Waals surface area (Å²) in [5, 5.41) is 39.0. The highest BCUT2D eigenvalue weighted by atomic mass is 16.8. The molecule has 3 aliphatic rings. The van der Waals surface area contributed by atoms with Gasteiger partial charge in [0, 0.05) is 5.92 Å². The van der Waals surface area contributed by atoms with Crippen molar-refractivity contribution in [3.05, 3.63) is 12.7 Å². The number of aliphatic hydroxyl groups is 4. The lowest BCUT2D eigenvalue weighted by Gasteiger charge is -2.45. The topological polar surface area (TPSA) is 135 Å². The summed E-state index contributed by atoms with van der Waals surface area (Å²) >= 11 is 0. The first kappa shape index (κ1) is 18.7. The van der Waals surface area contributed by atoms with Gasteiger partial charge in [-0.05, 0) is 12.3 Å². The molecule has 3 aliphatic heterocycles. The Kier molecular flexibility index (Phi) is 5.74. The van der Waals surface area contributed by atoms with Crippen LogP contribution in [0, 0.1) is 17.8 Å². The quantitative estimate of drug-likeness (QED) is 0.336. The van der Waals surface area contributed by atoms with Crippen LogP contribution in [0.25, 0.3) is 0 Å². The lowest BCUT2D eigenvalue weighted by molar-refractivity contribution is -0.352. The summed E-state index contributed by atoms with van der Waals surface area (Å²) < 4.78 is 21.7. The lowest BCUT2D eigenvalue weighted by atomic mass is 9.76. The molecular formula is C16H24O9. The van der Waals surface area contributed by atoms with Crippen LogP contribution in [0.15, 0.2) is 12.7 Å². The van der Waals surface area contributed by atoms with Crippen molar-refractivity contribution in [1.82, 2.24) is 0 Å². The zero-order valence-electron chi connectivity index (χ0n) is 13.6. The smallest absolute Gasteiger partial charge is 0.311 e. The molecule has 3 rings (SSSR count). The van der Waals surface area contributed by atoms with E-state index in [0.717, 1.165) is 0 Å². The molecule has 0 aromatic carbocycles. The second kappa shape index (κ2) is 7.67. The van der Waals surface area contributed by atoms with Crippen molar-refractivity contribution in [2.45, 2.75) is 43.4 Å². The summed E-state index contributed by atoms with van der Waals surface area (Å²) in [6.07, 6.45) is -5.43. The number of carbonyl (C=O) groups excluding carboxylic acids is 1. The second-order valence-corrected chi connectivity index (χ2v) is 6.57. The number of fused-ring (bicyclic) bond motifs is 1.